The minimum atomic E-state index is 0.640. The Morgan fingerprint density at radius 1 is 1.14 bits per heavy atom. The molecule has 2 nitrogen and oxygen atoms in total. The summed E-state index contributed by atoms with van der Waals surface area (Å²) < 4.78 is 1.67. The molecule has 0 aliphatic rings. The minimum Gasteiger partial charge on any atom is -0.267 e. The van der Waals surface area contributed by atoms with E-state index >= 15 is 0 Å². The van der Waals surface area contributed by atoms with E-state index in [1.165, 1.54) is 0 Å². The highest BCUT2D eigenvalue weighted by Crippen LogP contribution is 2.25. The van der Waals surface area contributed by atoms with Gasteiger partial charge in [0.15, 0.2) is 0 Å². The summed E-state index contributed by atoms with van der Waals surface area (Å²) in [4.78, 5) is 0. The van der Waals surface area contributed by atoms with Crippen molar-refractivity contribution in [1.82, 2.24) is 10.2 Å². The van der Waals surface area contributed by atoms with E-state index < -0.39 is 0 Å². The van der Waals surface area contributed by atoms with Gasteiger partial charge in [0.1, 0.15) is 4.64 Å². The molecule has 1 N–H and O–H groups in total. The number of hydrogen-bond donors (Lipinski definition) is 1. The quantitative estimate of drug-likeness (QED) is 0.800. The lowest BCUT2D eigenvalue weighted by Crippen LogP contribution is -1.87. The van der Waals surface area contributed by atoms with Gasteiger partial charge in [-0.1, -0.05) is 46.3 Å². The maximum atomic E-state index is 4.92. The van der Waals surface area contributed by atoms with Crippen LogP contribution in [0.2, 0.25) is 0 Å². The maximum absolute atomic E-state index is 4.92. The fourth-order valence-corrected chi connectivity index (χ4v) is 1.77. The Hall–Kier alpha value is -1.00. The number of hydrogen-bond acceptors (Lipinski definition) is 2. The number of H-pyrrole nitrogens is 1. The molecule has 1 aromatic heterocycles. The van der Waals surface area contributed by atoms with Crippen molar-refractivity contribution < 1.29 is 0 Å². The average molecular weight is 267 g/mol. The normalized spacial score (nSPS) is 10.1. The van der Waals surface area contributed by atoms with E-state index in [0.29, 0.717) is 4.64 Å². The second-order valence-corrected chi connectivity index (χ2v) is 4.08. The number of nitrogens with zero attached hydrogens (tertiary/aromatic N) is 1. The van der Waals surface area contributed by atoms with Crippen molar-refractivity contribution in [3.63, 3.8) is 0 Å². The highest BCUT2D eigenvalue weighted by molar-refractivity contribution is 9.10. The maximum Gasteiger partial charge on any atom is 0.119 e. The molecule has 0 aliphatic carbocycles. The molecule has 0 fully saturated rings. The highest BCUT2D eigenvalue weighted by atomic mass is 79.9. The fourth-order valence-electron chi connectivity index (χ4n) is 1.16. The number of aromatic nitrogens is 2. The summed E-state index contributed by atoms with van der Waals surface area (Å²) in [6, 6.07) is 11.7. The molecule has 2 rings (SSSR count). The molecule has 0 aliphatic heterocycles. The molecule has 0 bridgehead atoms. The van der Waals surface area contributed by atoms with Crippen LogP contribution in [-0.4, -0.2) is 10.2 Å². The standard InChI is InChI=1S/C10H7BrN2S/c11-8-4-2-1-3-7(8)9-5-6-10(14)13-12-9/h1-6H,(H,13,14). The molecule has 1 aromatic carbocycles. The average Bonchev–Trinajstić information content (AvgIpc) is 2.20. The van der Waals surface area contributed by atoms with Gasteiger partial charge in [-0.15, -0.1) is 0 Å². The zero-order chi connectivity index (χ0) is 9.97. The minimum absolute atomic E-state index is 0.640. The van der Waals surface area contributed by atoms with Crippen LogP contribution in [0.4, 0.5) is 0 Å². The van der Waals surface area contributed by atoms with E-state index in [2.05, 4.69) is 26.1 Å². The van der Waals surface area contributed by atoms with E-state index in [-0.39, 0.29) is 0 Å². The number of nitrogens with one attached hydrogen (secondary N) is 1. The fraction of sp³-hybridized carbons (Fsp3) is 0. The van der Waals surface area contributed by atoms with Crippen molar-refractivity contribution in [3.05, 3.63) is 45.5 Å². The molecule has 0 spiro atoms. The topological polar surface area (TPSA) is 28.7 Å². The van der Waals surface area contributed by atoms with Crippen molar-refractivity contribution >= 4 is 28.1 Å². The second kappa shape index (κ2) is 4.02. The summed E-state index contributed by atoms with van der Waals surface area (Å²) in [5, 5.41) is 6.92. The molecule has 1 heterocycles. The third-order valence-corrected chi connectivity index (χ3v) is 2.75. The predicted octanol–water partition coefficient (Wildman–Crippen LogP) is 3.57. The van der Waals surface area contributed by atoms with Crippen LogP contribution in [0.3, 0.4) is 0 Å². The van der Waals surface area contributed by atoms with Gasteiger partial charge in [0, 0.05) is 10.0 Å². The summed E-state index contributed by atoms with van der Waals surface area (Å²) in [6.45, 7) is 0. The molecule has 0 amide bonds. The molecule has 70 valence electrons. The van der Waals surface area contributed by atoms with Crippen molar-refractivity contribution in [1.29, 1.82) is 0 Å². The molecule has 0 unspecified atom stereocenters. The molecule has 0 saturated heterocycles. The smallest absolute Gasteiger partial charge is 0.119 e. The predicted molar refractivity (Wildman–Crippen MR) is 62.6 cm³/mol. The molecule has 0 atom stereocenters. The zero-order valence-corrected chi connectivity index (χ0v) is 9.60. The van der Waals surface area contributed by atoms with E-state index in [9.17, 15) is 0 Å². The summed E-state index contributed by atoms with van der Waals surface area (Å²) >= 11 is 8.40. The van der Waals surface area contributed by atoms with Gasteiger partial charge < -0.3 is 0 Å². The summed E-state index contributed by atoms with van der Waals surface area (Å²) in [7, 11) is 0. The first kappa shape index (κ1) is 9.55. The van der Waals surface area contributed by atoms with E-state index in [1.54, 1.807) is 0 Å². The van der Waals surface area contributed by atoms with E-state index in [1.807, 2.05) is 36.4 Å². The number of halogens is 1. The van der Waals surface area contributed by atoms with Gasteiger partial charge in [-0.3, -0.25) is 5.10 Å². The van der Waals surface area contributed by atoms with Gasteiger partial charge in [-0.05, 0) is 18.2 Å². The van der Waals surface area contributed by atoms with Crippen molar-refractivity contribution in [2.45, 2.75) is 0 Å². The molecule has 14 heavy (non-hydrogen) atoms. The molecule has 0 radical (unpaired) electrons. The van der Waals surface area contributed by atoms with Crippen LogP contribution < -0.4 is 0 Å². The van der Waals surface area contributed by atoms with Gasteiger partial charge in [0.25, 0.3) is 0 Å². The SMILES string of the molecule is S=c1ccc(-c2ccccc2Br)n[nH]1. The van der Waals surface area contributed by atoms with Crippen molar-refractivity contribution in [2.24, 2.45) is 0 Å². The first-order valence-corrected chi connectivity index (χ1v) is 5.28. The van der Waals surface area contributed by atoms with Crippen LogP contribution in [-0.2, 0) is 0 Å². The molecule has 0 saturated carbocycles. The van der Waals surface area contributed by atoms with Crippen LogP contribution >= 0.6 is 28.1 Å². The molecular weight excluding hydrogens is 260 g/mol. The largest absolute Gasteiger partial charge is 0.267 e. The first-order valence-electron chi connectivity index (χ1n) is 4.08. The molecule has 2 aromatic rings. The van der Waals surface area contributed by atoms with Gasteiger partial charge in [0.2, 0.25) is 0 Å². The van der Waals surface area contributed by atoms with Gasteiger partial charge in [-0.2, -0.15) is 5.10 Å². The second-order valence-electron chi connectivity index (χ2n) is 2.79. The number of aromatic amines is 1. The third kappa shape index (κ3) is 1.91. The van der Waals surface area contributed by atoms with Gasteiger partial charge >= 0.3 is 0 Å². The van der Waals surface area contributed by atoms with Crippen LogP contribution in [0, 0.1) is 4.64 Å². The summed E-state index contributed by atoms with van der Waals surface area (Å²) in [5.41, 5.74) is 1.94. The van der Waals surface area contributed by atoms with Crippen molar-refractivity contribution in [2.75, 3.05) is 0 Å². The van der Waals surface area contributed by atoms with E-state index in [4.69, 9.17) is 12.2 Å². The Morgan fingerprint density at radius 3 is 2.57 bits per heavy atom. The third-order valence-electron chi connectivity index (χ3n) is 1.83. The Kier molecular flexibility index (Phi) is 2.74. The molecule has 4 heteroatoms. The Labute approximate surface area is 95.1 Å². The Bertz CT molecular complexity index is 487. The zero-order valence-electron chi connectivity index (χ0n) is 7.20. The van der Waals surface area contributed by atoms with Crippen LogP contribution in [0.5, 0.6) is 0 Å². The Morgan fingerprint density at radius 2 is 1.93 bits per heavy atom. The Balaban J connectivity index is 2.55. The first-order chi connectivity index (χ1) is 6.77. The number of benzene rings is 1. The van der Waals surface area contributed by atoms with Crippen molar-refractivity contribution in [3.8, 4) is 11.3 Å². The van der Waals surface area contributed by atoms with Crippen LogP contribution in [0.1, 0.15) is 0 Å². The monoisotopic (exact) mass is 266 g/mol. The van der Waals surface area contributed by atoms with Crippen LogP contribution in [0.15, 0.2) is 40.9 Å². The lowest BCUT2D eigenvalue weighted by atomic mass is 10.1. The lowest BCUT2D eigenvalue weighted by molar-refractivity contribution is 1.02. The van der Waals surface area contributed by atoms with Gasteiger partial charge in [0.05, 0.1) is 5.69 Å². The van der Waals surface area contributed by atoms with Gasteiger partial charge in [-0.25, -0.2) is 0 Å². The lowest BCUT2D eigenvalue weighted by Gasteiger charge is -2.01. The highest BCUT2D eigenvalue weighted by Gasteiger charge is 2.01. The van der Waals surface area contributed by atoms with E-state index in [0.717, 1.165) is 15.7 Å². The van der Waals surface area contributed by atoms with Crippen LogP contribution in [0.25, 0.3) is 11.3 Å². The number of rotatable bonds is 1. The summed E-state index contributed by atoms with van der Waals surface area (Å²) in [6.07, 6.45) is 0. The summed E-state index contributed by atoms with van der Waals surface area (Å²) in [5.74, 6) is 0. The molecular formula is C10H7BrN2S.